The number of aromatic nitrogens is 2. The molecular weight excluding hydrogens is 210 g/mol. The Morgan fingerprint density at radius 2 is 2.12 bits per heavy atom. The zero-order chi connectivity index (χ0) is 11.4. The number of para-hydroxylation sites is 1. The van der Waals surface area contributed by atoms with Gasteiger partial charge in [-0.1, -0.05) is 12.1 Å². The lowest BCUT2D eigenvalue weighted by molar-refractivity contribution is -0.384. The fourth-order valence-electron chi connectivity index (χ4n) is 1.12. The zero-order valence-electron chi connectivity index (χ0n) is 8.07. The van der Waals surface area contributed by atoms with Gasteiger partial charge >= 0.3 is 0 Å². The van der Waals surface area contributed by atoms with Crippen molar-refractivity contribution in [2.45, 2.75) is 0 Å². The van der Waals surface area contributed by atoms with Gasteiger partial charge in [0.1, 0.15) is 0 Å². The lowest BCUT2D eigenvalue weighted by atomic mass is 10.3. The summed E-state index contributed by atoms with van der Waals surface area (Å²) in [7, 11) is 0. The Morgan fingerprint density at radius 3 is 2.81 bits per heavy atom. The molecule has 0 spiro atoms. The van der Waals surface area contributed by atoms with E-state index < -0.39 is 4.92 Å². The predicted octanol–water partition coefficient (Wildman–Crippen LogP) is 2.73. The van der Waals surface area contributed by atoms with E-state index in [1.165, 1.54) is 18.3 Å². The summed E-state index contributed by atoms with van der Waals surface area (Å²) in [6, 6.07) is 6.12. The van der Waals surface area contributed by atoms with Crippen LogP contribution in [0.25, 0.3) is 0 Å². The van der Waals surface area contributed by atoms with Gasteiger partial charge in [0.2, 0.25) is 5.95 Å². The highest BCUT2D eigenvalue weighted by Gasteiger charge is 2.11. The van der Waals surface area contributed by atoms with Crippen LogP contribution in [0.15, 0.2) is 46.9 Å². The highest BCUT2D eigenvalue weighted by atomic mass is 16.6. The molecule has 0 saturated carbocycles. The average Bonchev–Trinajstić information content (AvgIpc) is 2.79. The molecule has 1 aromatic heterocycles. The van der Waals surface area contributed by atoms with Crippen molar-refractivity contribution in [2.75, 3.05) is 0 Å². The van der Waals surface area contributed by atoms with Gasteiger partial charge < -0.3 is 4.98 Å². The summed E-state index contributed by atoms with van der Waals surface area (Å²) in [5.74, 6) is 0.304. The molecule has 80 valence electrons. The molecule has 0 saturated heterocycles. The fraction of sp³-hybridized carbons (Fsp3) is 0. The van der Waals surface area contributed by atoms with Crippen molar-refractivity contribution >= 4 is 17.3 Å². The summed E-state index contributed by atoms with van der Waals surface area (Å²) >= 11 is 0. The van der Waals surface area contributed by atoms with Crippen LogP contribution in [0.4, 0.5) is 17.3 Å². The predicted molar refractivity (Wildman–Crippen MR) is 55.9 cm³/mol. The van der Waals surface area contributed by atoms with Crippen LogP contribution >= 0.6 is 0 Å². The van der Waals surface area contributed by atoms with E-state index in [2.05, 4.69) is 20.2 Å². The summed E-state index contributed by atoms with van der Waals surface area (Å²) in [5.41, 5.74) is 0.113. The number of azo groups is 1. The van der Waals surface area contributed by atoms with Crippen LogP contribution in [0.1, 0.15) is 0 Å². The summed E-state index contributed by atoms with van der Waals surface area (Å²) in [6.07, 6.45) is 3.11. The molecule has 0 fully saturated rings. The zero-order valence-corrected chi connectivity index (χ0v) is 8.07. The Kier molecular flexibility index (Phi) is 2.68. The number of rotatable bonds is 3. The maximum atomic E-state index is 10.7. The number of aromatic amines is 1. The van der Waals surface area contributed by atoms with E-state index in [-0.39, 0.29) is 11.4 Å². The topological polar surface area (TPSA) is 96.5 Å². The number of hydrogen-bond donors (Lipinski definition) is 1. The van der Waals surface area contributed by atoms with Crippen molar-refractivity contribution in [1.82, 2.24) is 9.97 Å². The van der Waals surface area contributed by atoms with Crippen molar-refractivity contribution in [2.24, 2.45) is 10.2 Å². The molecule has 7 heteroatoms. The van der Waals surface area contributed by atoms with E-state index in [0.717, 1.165) is 0 Å². The van der Waals surface area contributed by atoms with Gasteiger partial charge in [-0.3, -0.25) is 10.1 Å². The minimum atomic E-state index is -0.503. The van der Waals surface area contributed by atoms with E-state index in [1.807, 2.05) is 0 Å². The van der Waals surface area contributed by atoms with Crippen LogP contribution in [0.3, 0.4) is 0 Å². The van der Waals surface area contributed by atoms with Crippen molar-refractivity contribution in [3.63, 3.8) is 0 Å². The third-order valence-corrected chi connectivity index (χ3v) is 1.81. The number of nitrogens with one attached hydrogen (secondary N) is 1. The second kappa shape index (κ2) is 4.30. The lowest BCUT2D eigenvalue weighted by Crippen LogP contribution is -1.87. The molecule has 16 heavy (non-hydrogen) atoms. The highest BCUT2D eigenvalue weighted by Crippen LogP contribution is 2.27. The standard InChI is InChI=1S/C9H7N5O2/c15-14(16)8-4-2-1-3-7(8)12-13-9-10-5-6-11-9/h1-6H,(H,10,11)/b13-12+. The van der Waals surface area contributed by atoms with Crippen LogP contribution in [-0.2, 0) is 0 Å². The van der Waals surface area contributed by atoms with Crippen molar-refractivity contribution in [3.05, 3.63) is 46.8 Å². The third-order valence-electron chi connectivity index (χ3n) is 1.81. The molecule has 7 nitrogen and oxygen atoms in total. The van der Waals surface area contributed by atoms with Gasteiger partial charge in [0.15, 0.2) is 5.69 Å². The average molecular weight is 217 g/mol. The largest absolute Gasteiger partial charge is 0.328 e. The molecule has 2 rings (SSSR count). The molecule has 0 unspecified atom stereocenters. The maximum absolute atomic E-state index is 10.7. The molecule has 0 aliphatic carbocycles. The van der Waals surface area contributed by atoms with Gasteiger partial charge in [-0.05, 0) is 6.07 Å². The summed E-state index contributed by atoms with van der Waals surface area (Å²) < 4.78 is 0. The number of H-pyrrole nitrogens is 1. The van der Waals surface area contributed by atoms with E-state index in [9.17, 15) is 10.1 Å². The molecule has 1 N–H and O–H groups in total. The number of benzene rings is 1. The fourth-order valence-corrected chi connectivity index (χ4v) is 1.12. The van der Waals surface area contributed by atoms with Crippen LogP contribution in [-0.4, -0.2) is 14.9 Å². The first-order valence-electron chi connectivity index (χ1n) is 4.42. The molecule has 0 aliphatic heterocycles. The first kappa shape index (κ1) is 9.97. The van der Waals surface area contributed by atoms with Crippen molar-refractivity contribution in [1.29, 1.82) is 0 Å². The Morgan fingerprint density at radius 1 is 1.31 bits per heavy atom. The highest BCUT2D eigenvalue weighted by molar-refractivity contribution is 5.56. The van der Waals surface area contributed by atoms with Gasteiger partial charge in [-0.15, -0.1) is 10.2 Å². The van der Waals surface area contributed by atoms with Crippen LogP contribution in [0.5, 0.6) is 0 Å². The molecule has 0 amide bonds. The second-order valence-corrected chi connectivity index (χ2v) is 2.86. The van der Waals surface area contributed by atoms with E-state index >= 15 is 0 Å². The quantitative estimate of drug-likeness (QED) is 0.486. The normalized spacial score (nSPS) is 10.8. The number of nitro groups is 1. The minimum Gasteiger partial charge on any atom is -0.328 e. The van der Waals surface area contributed by atoms with Crippen molar-refractivity contribution in [3.8, 4) is 0 Å². The lowest BCUT2D eigenvalue weighted by Gasteiger charge is -1.93. The maximum Gasteiger partial charge on any atom is 0.296 e. The molecule has 0 radical (unpaired) electrons. The van der Waals surface area contributed by atoms with E-state index in [0.29, 0.717) is 5.95 Å². The van der Waals surface area contributed by atoms with Crippen LogP contribution < -0.4 is 0 Å². The molecule has 1 heterocycles. The smallest absolute Gasteiger partial charge is 0.296 e. The van der Waals surface area contributed by atoms with Gasteiger partial charge in [0.25, 0.3) is 5.69 Å². The first-order valence-corrected chi connectivity index (χ1v) is 4.42. The Hall–Kier alpha value is -2.57. The Labute approximate surface area is 90.0 Å². The van der Waals surface area contributed by atoms with Gasteiger partial charge in [-0.2, -0.15) is 0 Å². The SMILES string of the molecule is O=[N+]([O-])c1ccccc1/N=N/c1ncc[nH]1. The molecule has 1 aromatic carbocycles. The van der Waals surface area contributed by atoms with Gasteiger partial charge in [0.05, 0.1) is 4.92 Å². The first-order chi connectivity index (χ1) is 7.77. The molecule has 0 aliphatic rings. The molecular formula is C9H7N5O2. The number of hydrogen-bond acceptors (Lipinski definition) is 5. The Bertz CT molecular complexity index is 520. The Balaban J connectivity index is 2.31. The second-order valence-electron chi connectivity index (χ2n) is 2.86. The molecule has 0 bridgehead atoms. The summed E-state index contributed by atoms with van der Waals surface area (Å²) in [5, 5.41) is 18.2. The number of nitrogens with zero attached hydrogens (tertiary/aromatic N) is 4. The number of imidazole rings is 1. The minimum absolute atomic E-state index is 0.0854. The summed E-state index contributed by atoms with van der Waals surface area (Å²) in [6.45, 7) is 0. The van der Waals surface area contributed by atoms with Crippen LogP contribution in [0.2, 0.25) is 0 Å². The van der Waals surface area contributed by atoms with E-state index in [1.54, 1.807) is 18.3 Å². The number of nitro benzene ring substituents is 1. The van der Waals surface area contributed by atoms with E-state index in [4.69, 9.17) is 0 Å². The summed E-state index contributed by atoms with van der Waals surface area (Å²) in [4.78, 5) is 16.7. The third kappa shape index (κ3) is 2.08. The van der Waals surface area contributed by atoms with Gasteiger partial charge in [0, 0.05) is 18.5 Å². The van der Waals surface area contributed by atoms with Crippen molar-refractivity contribution < 1.29 is 4.92 Å². The van der Waals surface area contributed by atoms with Crippen LogP contribution in [0, 0.1) is 10.1 Å². The molecule has 2 aromatic rings. The molecule has 0 atom stereocenters. The van der Waals surface area contributed by atoms with Gasteiger partial charge in [-0.25, -0.2) is 4.98 Å². The monoisotopic (exact) mass is 217 g/mol.